The van der Waals surface area contributed by atoms with E-state index in [1.165, 1.54) is 5.56 Å². The number of hydrogen-bond acceptors (Lipinski definition) is 2. The Morgan fingerprint density at radius 3 is 2.30 bits per heavy atom. The molecule has 0 aliphatic heterocycles. The number of benzene rings is 1. The fourth-order valence-corrected chi connectivity index (χ4v) is 2.04. The lowest BCUT2D eigenvalue weighted by atomic mass is 9.79. The maximum atomic E-state index is 5.96. The van der Waals surface area contributed by atoms with Crippen LogP contribution in [0.25, 0.3) is 0 Å². The van der Waals surface area contributed by atoms with E-state index in [1.807, 2.05) is 6.07 Å². The first-order valence-electron chi connectivity index (χ1n) is 7.76. The topological polar surface area (TPSA) is 21.3 Å². The lowest BCUT2D eigenvalue weighted by Gasteiger charge is -2.34. The monoisotopic (exact) mass is 277 g/mol. The predicted octanol–water partition coefficient (Wildman–Crippen LogP) is 4.11. The number of nitrogens with one attached hydrogen (secondary N) is 1. The van der Waals surface area contributed by atoms with E-state index < -0.39 is 0 Å². The molecule has 2 nitrogen and oxygen atoms in total. The van der Waals surface area contributed by atoms with E-state index >= 15 is 0 Å². The molecule has 1 unspecified atom stereocenters. The van der Waals surface area contributed by atoms with Gasteiger partial charge in [0, 0.05) is 12.0 Å². The highest BCUT2D eigenvalue weighted by Gasteiger charge is 2.28. The molecule has 0 fully saturated rings. The van der Waals surface area contributed by atoms with Crippen molar-refractivity contribution in [1.82, 2.24) is 5.32 Å². The molecule has 114 valence electrons. The normalized spacial score (nSPS) is 14.8. The zero-order valence-electron chi connectivity index (χ0n) is 13.8. The van der Waals surface area contributed by atoms with Crippen LogP contribution < -0.4 is 5.32 Å². The van der Waals surface area contributed by atoms with Gasteiger partial charge < -0.3 is 10.1 Å². The lowest BCUT2D eigenvalue weighted by Crippen LogP contribution is -2.41. The molecule has 20 heavy (non-hydrogen) atoms. The van der Waals surface area contributed by atoms with E-state index in [0.29, 0.717) is 18.4 Å². The van der Waals surface area contributed by atoms with Crippen LogP contribution in [0.1, 0.15) is 40.2 Å². The molecule has 0 saturated heterocycles. The molecule has 1 N–H and O–H groups in total. The first-order valence-corrected chi connectivity index (χ1v) is 7.76. The molecule has 1 aromatic carbocycles. The highest BCUT2D eigenvalue weighted by Crippen LogP contribution is 2.27. The van der Waals surface area contributed by atoms with Crippen molar-refractivity contribution in [3.05, 3.63) is 35.9 Å². The molecule has 0 saturated carbocycles. The second kappa shape index (κ2) is 8.43. The van der Waals surface area contributed by atoms with Gasteiger partial charge in [0.05, 0.1) is 13.2 Å². The third-order valence-corrected chi connectivity index (χ3v) is 4.02. The molecule has 0 radical (unpaired) electrons. The van der Waals surface area contributed by atoms with Crippen molar-refractivity contribution in [2.45, 2.75) is 41.2 Å². The molecule has 0 aliphatic rings. The summed E-state index contributed by atoms with van der Waals surface area (Å²) in [4.78, 5) is 0. The Bertz CT molecular complexity index is 361. The fourth-order valence-electron chi connectivity index (χ4n) is 2.04. The molecule has 2 heteroatoms. The molecule has 1 aromatic rings. The number of rotatable bonds is 9. The molecular weight excluding hydrogens is 246 g/mol. The summed E-state index contributed by atoms with van der Waals surface area (Å²) < 4.78 is 5.96. The number of hydrogen-bond donors (Lipinski definition) is 1. The van der Waals surface area contributed by atoms with E-state index in [1.54, 1.807) is 0 Å². The molecule has 0 aromatic heterocycles. The average molecular weight is 277 g/mol. The van der Waals surface area contributed by atoms with Gasteiger partial charge in [0.15, 0.2) is 0 Å². The minimum atomic E-state index is 0.184. The van der Waals surface area contributed by atoms with Crippen LogP contribution in [0.4, 0.5) is 0 Å². The van der Waals surface area contributed by atoms with Gasteiger partial charge in [-0.3, -0.25) is 0 Å². The molecule has 0 aliphatic carbocycles. The summed E-state index contributed by atoms with van der Waals surface area (Å²) in [5.74, 6) is 1.29. The summed E-state index contributed by atoms with van der Waals surface area (Å²) in [5.41, 5.74) is 1.43. The summed E-state index contributed by atoms with van der Waals surface area (Å²) in [5, 5.41) is 3.58. The van der Waals surface area contributed by atoms with Gasteiger partial charge in [-0.15, -0.1) is 0 Å². The standard InChI is InChI=1S/C18H31NO/c1-15(2)11-19-13-18(5,16(3)4)14-20-12-17-9-7-6-8-10-17/h6-10,15-16,19H,11-14H2,1-5H3. The highest BCUT2D eigenvalue weighted by atomic mass is 16.5. The van der Waals surface area contributed by atoms with E-state index in [-0.39, 0.29) is 5.41 Å². The molecule has 0 heterocycles. The van der Waals surface area contributed by atoms with E-state index in [4.69, 9.17) is 4.74 Å². The summed E-state index contributed by atoms with van der Waals surface area (Å²) in [6.07, 6.45) is 0. The van der Waals surface area contributed by atoms with Crippen molar-refractivity contribution in [3.8, 4) is 0 Å². The molecule has 1 rings (SSSR count). The zero-order valence-corrected chi connectivity index (χ0v) is 13.8. The first kappa shape index (κ1) is 17.2. The fraction of sp³-hybridized carbons (Fsp3) is 0.667. The van der Waals surface area contributed by atoms with Crippen molar-refractivity contribution in [2.24, 2.45) is 17.3 Å². The van der Waals surface area contributed by atoms with Gasteiger partial charge in [-0.2, -0.15) is 0 Å². The van der Waals surface area contributed by atoms with Crippen molar-refractivity contribution < 1.29 is 4.74 Å². The van der Waals surface area contributed by atoms with Gasteiger partial charge in [0.25, 0.3) is 0 Å². The first-order chi connectivity index (χ1) is 9.44. The van der Waals surface area contributed by atoms with Crippen LogP contribution in [0.2, 0.25) is 0 Å². The van der Waals surface area contributed by atoms with E-state index in [0.717, 1.165) is 19.7 Å². The van der Waals surface area contributed by atoms with Crippen LogP contribution in [0.15, 0.2) is 30.3 Å². The minimum absolute atomic E-state index is 0.184. The summed E-state index contributed by atoms with van der Waals surface area (Å²) in [7, 11) is 0. The highest BCUT2D eigenvalue weighted by molar-refractivity contribution is 5.13. The van der Waals surface area contributed by atoms with Crippen LogP contribution in [0, 0.1) is 17.3 Å². The van der Waals surface area contributed by atoms with Gasteiger partial charge in [-0.25, -0.2) is 0 Å². The Morgan fingerprint density at radius 1 is 1.10 bits per heavy atom. The van der Waals surface area contributed by atoms with Crippen LogP contribution in [0.3, 0.4) is 0 Å². The minimum Gasteiger partial charge on any atom is -0.376 e. The van der Waals surface area contributed by atoms with Crippen molar-refractivity contribution in [3.63, 3.8) is 0 Å². The SMILES string of the molecule is CC(C)CNCC(C)(COCc1ccccc1)C(C)C. The second-order valence-electron chi connectivity index (χ2n) is 6.81. The molecule has 0 amide bonds. The Labute approximate surface area is 124 Å². The molecule has 0 spiro atoms. The summed E-state index contributed by atoms with van der Waals surface area (Å²) in [6, 6.07) is 10.4. The molecule has 1 atom stereocenters. The average Bonchev–Trinajstić information content (AvgIpc) is 2.39. The third kappa shape index (κ3) is 6.06. The van der Waals surface area contributed by atoms with E-state index in [2.05, 4.69) is 64.2 Å². The van der Waals surface area contributed by atoms with Crippen molar-refractivity contribution in [2.75, 3.05) is 19.7 Å². The summed E-state index contributed by atoms with van der Waals surface area (Å²) in [6.45, 7) is 14.9. The van der Waals surface area contributed by atoms with Crippen LogP contribution in [-0.4, -0.2) is 19.7 Å². The van der Waals surface area contributed by atoms with Crippen molar-refractivity contribution in [1.29, 1.82) is 0 Å². The maximum absolute atomic E-state index is 5.96. The van der Waals surface area contributed by atoms with E-state index in [9.17, 15) is 0 Å². The van der Waals surface area contributed by atoms with Crippen molar-refractivity contribution >= 4 is 0 Å². The van der Waals surface area contributed by atoms with Crippen LogP contribution in [0.5, 0.6) is 0 Å². The zero-order chi connectivity index (χ0) is 15.0. The van der Waals surface area contributed by atoms with Crippen LogP contribution in [-0.2, 0) is 11.3 Å². The van der Waals surface area contributed by atoms with Gasteiger partial charge >= 0.3 is 0 Å². The Kier molecular flexibility index (Phi) is 7.25. The molecule has 0 bridgehead atoms. The molecular formula is C18H31NO. The lowest BCUT2D eigenvalue weighted by molar-refractivity contribution is 0.0171. The van der Waals surface area contributed by atoms with Gasteiger partial charge in [-0.05, 0) is 23.9 Å². The van der Waals surface area contributed by atoms with Gasteiger partial charge in [0.1, 0.15) is 0 Å². The maximum Gasteiger partial charge on any atom is 0.0717 e. The predicted molar refractivity (Wildman–Crippen MR) is 86.8 cm³/mol. The van der Waals surface area contributed by atoms with Gasteiger partial charge in [0.2, 0.25) is 0 Å². The Balaban J connectivity index is 2.41. The largest absolute Gasteiger partial charge is 0.376 e. The smallest absolute Gasteiger partial charge is 0.0717 e. The third-order valence-electron chi connectivity index (χ3n) is 4.02. The Hall–Kier alpha value is -0.860. The van der Waals surface area contributed by atoms with Gasteiger partial charge in [-0.1, -0.05) is 65.0 Å². The summed E-state index contributed by atoms with van der Waals surface area (Å²) >= 11 is 0. The van der Waals surface area contributed by atoms with Crippen LogP contribution >= 0.6 is 0 Å². The quantitative estimate of drug-likeness (QED) is 0.733. The Morgan fingerprint density at radius 2 is 1.75 bits per heavy atom. The second-order valence-corrected chi connectivity index (χ2v) is 6.81. The number of ether oxygens (including phenoxy) is 1.